The van der Waals surface area contributed by atoms with Crippen LogP contribution in [0.15, 0.2) is 35.4 Å². The summed E-state index contributed by atoms with van der Waals surface area (Å²) in [5.74, 6) is -10.1. The van der Waals surface area contributed by atoms with Crippen LogP contribution in [0.5, 0.6) is 5.75 Å². The van der Waals surface area contributed by atoms with Crippen LogP contribution in [0.25, 0.3) is 5.76 Å². The molecule has 0 unspecified atom stereocenters. The Morgan fingerprint density at radius 3 is 2.58 bits per heavy atom. The van der Waals surface area contributed by atoms with Gasteiger partial charge in [-0.3, -0.25) is 24.1 Å². The predicted octanol–water partition coefficient (Wildman–Crippen LogP) is -0.667. The molecule has 210 valence electrons. The summed E-state index contributed by atoms with van der Waals surface area (Å²) in [6.07, 6.45) is 2.35. The van der Waals surface area contributed by atoms with Crippen LogP contribution in [0.4, 0.5) is 10.1 Å². The maximum Gasteiger partial charge on any atom is 0.255 e. The number of amides is 2. The second-order valence-corrected chi connectivity index (χ2v) is 10.2. The van der Waals surface area contributed by atoms with Gasteiger partial charge in [0.1, 0.15) is 29.5 Å². The number of fused-ring (bicyclic) bond motifs is 3. The lowest BCUT2D eigenvalue weighted by atomic mass is 9.57. The quantitative estimate of drug-likeness (QED) is 0.200. The first-order valence-electron chi connectivity index (χ1n) is 12.1. The van der Waals surface area contributed by atoms with Crippen LogP contribution in [0.2, 0.25) is 0 Å². The van der Waals surface area contributed by atoms with Crippen LogP contribution >= 0.6 is 0 Å². The van der Waals surface area contributed by atoms with Crippen molar-refractivity contribution >= 4 is 34.8 Å². The van der Waals surface area contributed by atoms with E-state index in [1.807, 2.05) is 0 Å². The summed E-state index contributed by atoms with van der Waals surface area (Å²) in [6.45, 7) is -0.320. The normalized spacial score (nSPS) is 26.0. The van der Waals surface area contributed by atoms with Crippen LogP contribution in [-0.2, 0) is 32.1 Å². The van der Waals surface area contributed by atoms with Gasteiger partial charge in [0.15, 0.2) is 17.1 Å². The largest absolute Gasteiger partial charge is 0.508 e. The summed E-state index contributed by atoms with van der Waals surface area (Å²) in [5, 5.41) is 54.1. The molecular formula is C25H25FN6O8. The van der Waals surface area contributed by atoms with Gasteiger partial charge in [0.05, 0.1) is 23.5 Å². The molecule has 4 atom stereocenters. The Hall–Kier alpha value is -4.63. The average Bonchev–Trinajstić information content (AvgIpc) is 3.37. The minimum absolute atomic E-state index is 0.155. The first kappa shape index (κ1) is 27.0. The summed E-state index contributed by atoms with van der Waals surface area (Å²) in [4.78, 5) is 52.7. The van der Waals surface area contributed by atoms with Crippen LogP contribution in [0, 0.1) is 17.7 Å². The fraction of sp³-hybridized carbons (Fsp3) is 0.360. The van der Waals surface area contributed by atoms with Crippen molar-refractivity contribution in [2.75, 3.05) is 19.4 Å². The second-order valence-electron chi connectivity index (χ2n) is 10.2. The molecule has 1 heterocycles. The molecule has 14 nitrogen and oxygen atoms in total. The third-order valence-electron chi connectivity index (χ3n) is 7.72. The summed E-state index contributed by atoms with van der Waals surface area (Å²) in [7, 11) is 2.95. The third kappa shape index (κ3) is 3.76. The number of carbonyl (C=O) groups is 4. The number of hydrogen-bond acceptors (Lipinski definition) is 11. The molecule has 1 aromatic heterocycles. The molecule has 5 rings (SSSR count). The molecule has 0 saturated heterocycles. The summed E-state index contributed by atoms with van der Waals surface area (Å²) in [5.41, 5.74) is 0.0691. The number of aliphatic hydroxyl groups is 3. The topological polar surface area (TPSA) is 221 Å². The SMILES string of the molecule is CN(C)[C@@H]1C(=O)C(C(N)=O)=C(O)[C@@]2(O)C(=O)C3=C(O)c4c(O)c(NC(=O)Cn5ccnn5)cc(F)c4C[C@H]3C[C@@H]12. The lowest BCUT2D eigenvalue weighted by Gasteiger charge is -2.50. The van der Waals surface area contributed by atoms with Gasteiger partial charge < -0.3 is 31.5 Å². The number of halogens is 1. The minimum atomic E-state index is -2.82. The highest BCUT2D eigenvalue weighted by molar-refractivity contribution is 6.24. The maximum atomic E-state index is 15.3. The number of aromatic nitrogens is 3. The van der Waals surface area contributed by atoms with Crippen molar-refractivity contribution in [3.63, 3.8) is 0 Å². The lowest BCUT2D eigenvalue weighted by molar-refractivity contribution is -0.153. The van der Waals surface area contributed by atoms with E-state index >= 15 is 4.39 Å². The highest BCUT2D eigenvalue weighted by atomic mass is 19.1. The zero-order valence-electron chi connectivity index (χ0n) is 21.3. The van der Waals surface area contributed by atoms with Gasteiger partial charge in [0.2, 0.25) is 11.7 Å². The monoisotopic (exact) mass is 556 g/mol. The highest BCUT2D eigenvalue weighted by Gasteiger charge is 2.64. The van der Waals surface area contributed by atoms with E-state index in [0.717, 1.165) is 6.07 Å². The molecule has 0 aliphatic heterocycles. The van der Waals surface area contributed by atoms with Crippen molar-refractivity contribution in [2.24, 2.45) is 17.6 Å². The van der Waals surface area contributed by atoms with E-state index in [-0.39, 0.29) is 24.9 Å². The Bertz CT molecular complexity index is 1550. The second kappa shape index (κ2) is 9.24. The number of anilines is 1. The van der Waals surface area contributed by atoms with Gasteiger partial charge in [0.25, 0.3) is 5.91 Å². The van der Waals surface area contributed by atoms with E-state index in [9.17, 15) is 39.6 Å². The van der Waals surface area contributed by atoms with Crippen molar-refractivity contribution in [3.8, 4) is 5.75 Å². The number of Topliss-reactive ketones (excluding diaryl/α,β-unsaturated/α-hetero) is 2. The Balaban J connectivity index is 1.62. The molecule has 2 aromatic rings. The number of primary amides is 1. The Kier molecular flexibility index (Phi) is 6.22. The van der Waals surface area contributed by atoms with E-state index < -0.39 is 92.3 Å². The summed E-state index contributed by atoms with van der Waals surface area (Å²) < 4.78 is 16.5. The molecule has 1 fully saturated rings. The van der Waals surface area contributed by atoms with E-state index in [0.29, 0.717) is 0 Å². The molecule has 15 heteroatoms. The predicted molar refractivity (Wildman–Crippen MR) is 133 cm³/mol. The number of hydrogen-bond donors (Lipinski definition) is 6. The fourth-order valence-corrected chi connectivity index (χ4v) is 6.02. The molecule has 0 spiro atoms. The first-order valence-corrected chi connectivity index (χ1v) is 12.1. The van der Waals surface area contributed by atoms with Gasteiger partial charge in [-0.25, -0.2) is 9.07 Å². The summed E-state index contributed by atoms with van der Waals surface area (Å²) in [6, 6.07) is -0.383. The molecule has 2 amide bonds. The number of likely N-dealkylation sites (N-methyl/N-ethyl adjacent to an activating group) is 1. The van der Waals surface area contributed by atoms with E-state index in [2.05, 4.69) is 15.6 Å². The molecule has 7 N–H and O–H groups in total. The molecular weight excluding hydrogens is 531 g/mol. The van der Waals surface area contributed by atoms with Gasteiger partial charge in [-0.2, -0.15) is 0 Å². The van der Waals surface area contributed by atoms with Gasteiger partial charge >= 0.3 is 0 Å². The first-order chi connectivity index (χ1) is 18.8. The van der Waals surface area contributed by atoms with Gasteiger partial charge in [-0.05, 0) is 32.9 Å². The number of ketones is 2. The molecule has 40 heavy (non-hydrogen) atoms. The van der Waals surface area contributed by atoms with Crippen LogP contribution in [-0.4, -0.2) is 89.4 Å². The zero-order valence-corrected chi connectivity index (χ0v) is 21.3. The molecule has 0 bridgehead atoms. The van der Waals surface area contributed by atoms with Crippen LogP contribution in [0.3, 0.4) is 0 Å². The lowest BCUT2D eigenvalue weighted by Crippen LogP contribution is -2.65. The number of aromatic hydroxyl groups is 1. The number of phenols is 1. The van der Waals surface area contributed by atoms with E-state index in [1.165, 1.54) is 36.1 Å². The number of aliphatic hydroxyl groups excluding tert-OH is 2. The highest BCUT2D eigenvalue weighted by Crippen LogP contribution is 2.53. The minimum Gasteiger partial charge on any atom is -0.508 e. The Morgan fingerprint density at radius 2 is 1.98 bits per heavy atom. The molecule has 3 aliphatic carbocycles. The fourth-order valence-electron chi connectivity index (χ4n) is 6.02. The number of phenolic OH excluding ortho intramolecular Hbond substituents is 1. The smallest absolute Gasteiger partial charge is 0.255 e. The van der Waals surface area contributed by atoms with Gasteiger partial charge in [-0.15, -0.1) is 5.10 Å². The Morgan fingerprint density at radius 1 is 1.27 bits per heavy atom. The molecule has 1 saturated carbocycles. The van der Waals surface area contributed by atoms with Crippen molar-refractivity contribution in [1.29, 1.82) is 0 Å². The van der Waals surface area contributed by atoms with Crippen molar-refractivity contribution in [2.45, 2.75) is 31.0 Å². The number of carbonyl (C=O) groups excluding carboxylic acids is 4. The summed E-state index contributed by atoms with van der Waals surface area (Å²) >= 11 is 0. The van der Waals surface area contributed by atoms with Gasteiger partial charge in [-0.1, -0.05) is 5.21 Å². The molecule has 3 aliphatic rings. The average molecular weight is 557 g/mol. The standard InChI is InChI=1S/C25H25FN6O8/c1-31(2)18-11-6-9-5-10-12(26)7-13(29-14(33)8-32-4-3-28-30-32)19(34)16(10)20(35)15(9)22(37)25(11,40)23(38)17(21(18)36)24(27)39/h3-4,7,9,11,18,34-35,38,40H,5-6,8H2,1-2H3,(H2,27,39)(H,29,33)/t9-,11-,18-,25-/m0/s1. The van der Waals surface area contributed by atoms with Crippen LogP contribution in [0.1, 0.15) is 17.5 Å². The van der Waals surface area contributed by atoms with E-state index in [1.54, 1.807) is 0 Å². The number of nitrogens with zero attached hydrogens (tertiary/aromatic N) is 4. The maximum absolute atomic E-state index is 15.3. The van der Waals surface area contributed by atoms with Crippen molar-refractivity contribution in [1.82, 2.24) is 19.9 Å². The van der Waals surface area contributed by atoms with Crippen LogP contribution < -0.4 is 11.1 Å². The molecule has 1 aromatic carbocycles. The Labute approximate surface area is 225 Å². The number of nitrogens with one attached hydrogen (secondary N) is 1. The molecule has 0 radical (unpaired) electrons. The van der Waals surface area contributed by atoms with Crippen molar-refractivity contribution in [3.05, 3.63) is 52.3 Å². The van der Waals surface area contributed by atoms with E-state index in [4.69, 9.17) is 5.73 Å². The van der Waals surface area contributed by atoms with Gasteiger partial charge in [0, 0.05) is 29.3 Å². The number of nitrogens with two attached hydrogens (primary N) is 1. The van der Waals surface area contributed by atoms with Crippen molar-refractivity contribution < 1.29 is 44.0 Å². The zero-order chi connectivity index (χ0) is 29.3. The number of rotatable bonds is 5. The third-order valence-corrected chi connectivity index (χ3v) is 7.72. The number of benzene rings is 1.